The minimum atomic E-state index is -0.614. The Labute approximate surface area is 121 Å². The third-order valence-electron chi connectivity index (χ3n) is 2.46. The molecular weight excluding hydrogens is 278 g/mol. The molecule has 0 aromatic carbocycles. The third kappa shape index (κ3) is 5.05. The highest BCUT2D eigenvalue weighted by Crippen LogP contribution is 2.18. The van der Waals surface area contributed by atoms with Gasteiger partial charge in [0.1, 0.15) is 12.0 Å². The topological polar surface area (TPSA) is 126 Å². The second-order valence-electron chi connectivity index (χ2n) is 4.12. The van der Waals surface area contributed by atoms with Gasteiger partial charge in [-0.2, -0.15) is 0 Å². The van der Waals surface area contributed by atoms with E-state index in [1.807, 2.05) is 6.92 Å². The Balaban J connectivity index is 2.81. The molecule has 3 N–H and O–H groups in total. The number of nitrogens with one attached hydrogen (secondary N) is 3. The van der Waals surface area contributed by atoms with Crippen LogP contribution in [-0.4, -0.2) is 41.4 Å². The van der Waals surface area contributed by atoms with Gasteiger partial charge in [0.05, 0.1) is 10.5 Å². The first kappa shape index (κ1) is 16.3. The van der Waals surface area contributed by atoms with Crippen LogP contribution in [0.3, 0.4) is 0 Å². The molecule has 1 aromatic rings. The molecule has 114 valence electrons. The maximum absolute atomic E-state index is 12.0. The molecule has 0 aliphatic heterocycles. The highest BCUT2D eigenvalue weighted by molar-refractivity contribution is 5.99. The molecule has 1 rings (SSSR count). The van der Waals surface area contributed by atoms with Crippen molar-refractivity contribution in [3.05, 3.63) is 27.9 Å². The maximum Gasteiger partial charge on any atom is 0.288 e. The van der Waals surface area contributed by atoms with Gasteiger partial charge in [0, 0.05) is 32.6 Å². The SMILES string of the molecule is CCNc1ncc([N+](=O)[O-])cc1C(=O)NCCNC(C)=O. The molecule has 0 radical (unpaired) electrons. The predicted molar refractivity (Wildman–Crippen MR) is 76.1 cm³/mol. The monoisotopic (exact) mass is 295 g/mol. The summed E-state index contributed by atoms with van der Waals surface area (Å²) in [4.78, 5) is 36.7. The number of hydrogen-bond acceptors (Lipinski definition) is 6. The van der Waals surface area contributed by atoms with Crippen molar-refractivity contribution in [3.8, 4) is 0 Å². The van der Waals surface area contributed by atoms with Crippen molar-refractivity contribution >= 4 is 23.3 Å². The average Bonchev–Trinajstić information content (AvgIpc) is 2.43. The van der Waals surface area contributed by atoms with Crippen molar-refractivity contribution in [2.24, 2.45) is 0 Å². The van der Waals surface area contributed by atoms with Gasteiger partial charge in [-0.25, -0.2) is 4.98 Å². The van der Waals surface area contributed by atoms with Crippen LogP contribution in [0.25, 0.3) is 0 Å². The van der Waals surface area contributed by atoms with Crippen LogP contribution < -0.4 is 16.0 Å². The Hall–Kier alpha value is -2.71. The van der Waals surface area contributed by atoms with Gasteiger partial charge >= 0.3 is 0 Å². The quantitative estimate of drug-likeness (QED) is 0.377. The van der Waals surface area contributed by atoms with Crippen molar-refractivity contribution in [1.29, 1.82) is 0 Å². The molecule has 0 fully saturated rings. The highest BCUT2D eigenvalue weighted by Gasteiger charge is 2.17. The van der Waals surface area contributed by atoms with E-state index in [1.54, 1.807) is 0 Å². The molecule has 0 saturated carbocycles. The lowest BCUT2D eigenvalue weighted by Crippen LogP contribution is -2.34. The van der Waals surface area contributed by atoms with Gasteiger partial charge in [0.2, 0.25) is 5.91 Å². The number of aromatic nitrogens is 1. The van der Waals surface area contributed by atoms with E-state index in [-0.39, 0.29) is 36.1 Å². The fourth-order valence-corrected chi connectivity index (χ4v) is 1.54. The second-order valence-corrected chi connectivity index (χ2v) is 4.12. The Morgan fingerprint density at radius 2 is 2.00 bits per heavy atom. The molecule has 0 unspecified atom stereocenters. The van der Waals surface area contributed by atoms with Crippen molar-refractivity contribution in [2.75, 3.05) is 25.0 Å². The number of amides is 2. The summed E-state index contributed by atoms with van der Waals surface area (Å²) in [6.45, 7) is 4.21. The lowest BCUT2D eigenvalue weighted by Gasteiger charge is -2.10. The van der Waals surface area contributed by atoms with Gasteiger partial charge in [-0.05, 0) is 6.92 Å². The van der Waals surface area contributed by atoms with Crippen molar-refractivity contribution in [2.45, 2.75) is 13.8 Å². The van der Waals surface area contributed by atoms with Gasteiger partial charge in [-0.15, -0.1) is 0 Å². The van der Waals surface area contributed by atoms with Crippen LogP contribution in [0, 0.1) is 10.1 Å². The van der Waals surface area contributed by atoms with Gasteiger partial charge in [-0.3, -0.25) is 19.7 Å². The summed E-state index contributed by atoms with van der Waals surface area (Å²) < 4.78 is 0. The Bertz CT molecular complexity index is 546. The molecule has 1 heterocycles. The molecule has 0 spiro atoms. The molecular formula is C12H17N5O4. The van der Waals surface area contributed by atoms with Crippen molar-refractivity contribution < 1.29 is 14.5 Å². The number of pyridine rings is 1. The van der Waals surface area contributed by atoms with Gasteiger partial charge in [0.15, 0.2) is 0 Å². The fourth-order valence-electron chi connectivity index (χ4n) is 1.54. The standard InChI is InChI=1S/C12H17N5O4/c1-3-13-11-10(6-9(7-16-11)17(20)21)12(19)15-5-4-14-8(2)18/h6-7H,3-5H2,1-2H3,(H,13,16)(H,14,18)(H,15,19). The Morgan fingerprint density at radius 3 is 2.57 bits per heavy atom. The average molecular weight is 295 g/mol. The smallest absolute Gasteiger partial charge is 0.288 e. The van der Waals surface area contributed by atoms with E-state index in [1.165, 1.54) is 13.0 Å². The molecule has 0 bridgehead atoms. The number of nitro groups is 1. The number of nitrogens with zero attached hydrogens (tertiary/aromatic N) is 2. The summed E-state index contributed by atoms with van der Waals surface area (Å²) in [7, 11) is 0. The molecule has 1 aromatic heterocycles. The van der Waals surface area contributed by atoms with E-state index in [9.17, 15) is 19.7 Å². The lowest BCUT2D eigenvalue weighted by molar-refractivity contribution is -0.385. The molecule has 0 saturated heterocycles. The molecule has 0 aliphatic carbocycles. The zero-order valence-electron chi connectivity index (χ0n) is 11.8. The molecule has 9 heteroatoms. The van der Waals surface area contributed by atoms with Gasteiger partial charge < -0.3 is 16.0 Å². The zero-order chi connectivity index (χ0) is 15.8. The van der Waals surface area contributed by atoms with E-state index in [4.69, 9.17) is 0 Å². The number of anilines is 1. The number of carbonyl (C=O) groups excluding carboxylic acids is 2. The number of hydrogen-bond donors (Lipinski definition) is 3. The highest BCUT2D eigenvalue weighted by atomic mass is 16.6. The third-order valence-corrected chi connectivity index (χ3v) is 2.46. The van der Waals surface area contributed by atoms with Crippen LogP contribution in [0.15, 0.2) is 12.3 Å². The van der Waals surface area contributed by atoms with E-state index in [2.05, 4.69) is 20.9 Å². The Kier molecular flexibility index (Phi) is 6.05. The fraction of sp³-hybridized carbons (Fsp3) is 0.417. The Morgan fingerprint density at radius 1 is 1.33 bits per heavy atom. The molecule has 9 nitrogen and oxygen atoms in total. The van der Waals surface area contributed by atoms with E-state index < -0.39 is 10.8 Å². The first-order chi connectivity index (χ1) is 9.95. The summed E-state index contributed by atoms with van der Waals surface area (Å²) in [6.07, 6.45) is 1.09. The lowest BCUT2D eigenvalue weighted by atomic mass is 10.2. The minimum absolute atomic E-state index is 0.0916. The molecule has 0 aliphatic rings. The first-order valence-electron chi connectivity index (χ1n) is 6.36. The molecule has 21 heavy (non-hydrogen) atoms. The summed E-state index contributed by atoms with van der Waals surface area (Å²) in [5.74, 6) is -0.415. The molecule has 2 amide bonds. The van der Waals surface area contributed by atoms with Crippen LogP contribution >= 0.6 is 0 Å². The van der Waals surface area contributed by atoms with Crippen LogP contribution in [0.4, 0.5) is 11.5 Å². The van der Waals surface area contributed by atoms with E-state index >= 15 is 0 Å². The number of carbonyl (C=O) groups is 2. The minimum Gasteiger partial charge on any atom is -0.370 e. The zero-order valence-corrected chi connectivity index (χ0v) is 11.8. The predicted octanol–water partition coefficient (Wildman–Crippen LogP) is 0.287. The van der Waals surface area contributed by atoms with Crippen LogP contribution in [-0.2, 0) is 4.79 Å². The normalized spacial score (nSPS) is 9.81. The van der Waals surface area contributed by atoms with Crippen LogP contribution in [0.5, 0.6) is 0 Å². The summed E-state index contributed by atoms with van der Waals surface area (Å²) in [5.41, 5.74) is -0.169. The second kappa shape index (κ2) is 7.78. The van der Waals surface area contributed by atoms with E-state index in [0.29, 0.717) is 6.54 Å². The van der Waals surface area contributed by atoms with Gasteiger partial charge in [0.25, 0.3) is 11.6 Å². The van der Waals surface area contributed by atoms with Gasteiger partial charge in [-0.1, -0.05) is 0 Å². The van der Waals surface area contributed by atoms with Crippen molar-refractivity contribution in [3.63, 3.8) is 0 Å². The number of rotatable bonds is 7. The molecule has 0 atom stereocenters. The van der Waals surface area contributed by atoms with Crippen molar-refractivity contribution in [1.82, 2.24) is 15.6 Å². The first-order valence-corrected chi connectivity index (χ1v) is 6.36. The van der Waals surface area contributed by atoms with Crippen LogP contribution in [0.2, 0.25) is 0 Å². The summed E-state index contributed by atoms with van der Waals surface area (Å²) in [5, 5.41) is 18.7. The van der Waals surface area contributed by atoms with E-state index in [0.717, 1.165) is 6.20 Å². The maximum atomic E-state index is 12.0. The van der Waals surface area contributed by atoms with Crippen LogP contribution in [0.1, 0.15) is 24.2 Å². The largest absolute Gasteiger partial charge is 0.370 e. The summed E-state index contributed by atoms with van der Waals surface area (Å²) in [6, 6.07) is 1.17. The summed E-state index contributed by atoms with van der Waals surface area (Å²) >= 11 is 0.